The Morgan fingerprint density at radius 1 is 1.13 bits per heavy atom. The predicted octanol–water partition coefficient (Wildman–Crippen LogP) is 2.05. The number of hydrogen-bond donors (Lipinski definition) is 2. The lowest BCUT2D eigenvalue weighted by Gasteiger charge is -2.22. The normalized spacial score (nSPS) is 38.0. The minimum absolute atomic E-state index is 0.685. The molecule has 2 bridgehead atoms. The van der Waals surface area contributed by atoms with Crippen LogP contribution in [0, 0.1) is 17.8 Å². The molecule has 3 atom stereocenters. The first kappa shape index (κ1) is 9.88. The molecule has 0 aromatic carbocycles. The van der Waals surface area contributed by atoms with Crippen molar-refractivity contribution in [2.24, 2.45) is 17.8 Å². The second-order valence-electron chi connectivity index (χ2n) is 5.56. The number of rotatable bonds is 3. The molecule has 3 aliphatic rings. The van der Waals surface area contributed by atoms with Crippen LogP contribution in [0.1, 0.15) is 38.5 Å². The van der Waals surface area contributed by atoms with Crippen LogP contribution >= 0.6 is 12.2 Å². The van der Waals surface area contributed by atoms with E-state index in [0.29, 0.717) is 6.04 Å². The molecule has 15 heavy (non-hydrogen) atoms. The Balaban J connectivity index is 1.40. The lowest BCUT2D eigenvalue weighted by Crippen LogP contribution is -2.39. The van der Waals surface area contributed by atoms with Crippen molar-refractivity contribution < 1.29 is 0 Å². The zero-order valence-electron chi connectivity index (χ0n) is 9.17. The third-order valence-corrected chi connectivity index (χ3v) is 4.58. The Labute approximate surface area is 97.2 Å². The van der Waals surface area contributed by atoms with Crippen LogP contribution in [-0.4, -0.2) is 17.7 Å². The third-order valence-electron chi connectivity index (χ3n) is 4.32. The number of fused-ring (bicyclic) bond motifs is 2. The van der Waals surface area contributed by atoms with Gasteiger partial charge in [-0.15, -0.1) is 0 Å². The van der Waals surface area contributed by atoms with Crippen LogP contribution in [0.2, 0.25) is 0 Å². The fourth-order valence-corrected chi connectivity index (χ4v) is 3.56. The van der Waals surface area contributed by atoms with Crippen molar-refractivity contribution >= 4 is 17.3 Å². The van der Waals surface area contributed by atoms with Gasteiger partial charge in [-0.1, -0.05) is 6.42 Å². The molecule has 3 aliphatic carbocycles. The summed E-state index contributed by atoms with van der Waals surface area (Å²) >= 11 is 5.27. The van der Waals surface area contributed by atoms with E-state index in [9.17, 15) is 0 Å². The molecule has 2 N–H and O–H groups in total. The molecule has 84 valence electrons. The highest BCUT2D eigenvalue weighted by Gasteiger charge is 2.39. The molecule has 3 heteroatoms. The summed E-state index contributed by atoms with van der Waals surface area (Å²) in [5.74, 6) is 2.96. The number of thiocarbonyl (C=S) groups is 1. The van der Waals surface area contributed by atoms with Crippen molar-refractivity contribution in [1.29, 1.82) is 0 Å². The number of nitrogens with one attached hydrogen (secondary N) is 2. The van der Waals surface area contributed by atoms with Crippen LogP contribution in [0.4, 0.5) is 0 Å². The van der Waals surface area contributed by atoms with Crippen LogP contribution in [0.25, 0.3) is 0 Å². The maximum absolute atomic E-state index is 5.27. The molecule has 3 saturated carbocycles. The van der Waals surface area contributed by atoms with Crippen molar-refractivity contribution in [2.45, 2.75) is 44.6 Å². The van der Waals surface area contributed by atoms with Gasteiger partial charge >= 0.3 is 0 Å². The van der Waals surface area contributed by atoms with Crippen LogP contribution in [0.15, 0.2) is 0 Å². The maximum Gasteiger partial charge on any atom is 0.166 e. The van der Waals surface area contributed by atoms with E-state index in [1.807, 2.05) is 0 Å². The fourth-order valence-electron chi connectivity index (χ4n) is 3.31. The summed E-state index contributed by atoms with van der Waals surface area (Å²) in [6, 6.07) is 0.685. The Bertz CT molecular complexity index is 262. The smallest absolute Gasteiger partial charge is 0.166 e. The first-order valence-corrected chi connectivity index (χ1v) is 6.76. The van der Waals surface area contributed by atoms with E-state index in [4.69, 9.17) is 12.2 Å². The zero-order chi connectivity index (χ0) is 10.3. The van der Waals surface area contributed by atoms with E-state index in [2.05, 4.69) is 10.6 Å². The largest absolute Gasteiger partial charge is 0.362 e. The van der Waals surface area contributed by atoms with Gasteiger partial charge in [0.25, 0.3) is 0 Å². The van der Waals surface area contributed by atoms with E-state index >= 15 is 0 Å². The lowest BCUT2D eigenvalue weighted by molar-refractivity contribution is 0.332. The molecule has 0 aliphatic heterocycles. The first-order chi connectivity index (χ1) is 7.31. The molecular weight excluding hydrogens is 204 g/mol. The summed E-state index contributed by atoms with van der Waals surface area (Å²) < 4.78 is 0. The molecule has 0 heterocycles. The quantitative estimate of drug-likeness (QED) is 0.718. The van der Waals surface area contributed by atoms with E-state index in [0.717, 1.165) is 29.4 Å². The van der Waals surface area contributed by atoms with Crippen molar-refractivity contribution in [1.82, 2.24) is 10.6 Å². The Morgan fingerprint density at radius 2 is 2.00 bits per heavy atom. The standard InChI is InChI=1S/C12H20N2S/c15-12(14-11-3-4-11)13-7-10-6-8-1-2-9(10)5-8/h8-11H,1-7H2,(H2,13,14,15). The summed E-state index contributed by atoms with van der Waals surface area (Å²) in [5.41, 5.74) is 0. The van der Waals surface area contributed by atoms with Gasteiger partial charge in [0, 0.05) is 12.6 Å². The van der Waals surface area contributed by atoms with Gasteiger partial charge in [0.1, 0.15) is 0 Å². The summed E-state index contributed by atoms with van der Waals surface area (Å²) in [4.78, 5) is 0. The maximum atomic E-state index is 5.27. The highest BCUT2D eigenvalue weighted by molar-refractivity contribution is 7.80. The Hall–Kier alpha value is -0.310. The Morgan fingerprint density at radius 3 is 2.60 bits per heavy atom. The summed E-state index contributed by atoms with van der Waals surface area (Å²) in [7, 11) is 0. The van der Waals surface area contributed by atoms with Gasteiger partial charge in [-0.3, -0.25) is 0 Å². The molecule has 3 rings (SSSR count). The highest BCUT2D eigenvalue weighted by Crippen LogP contribution is 2.47. The lowest BCUT2D eigenvalue weighted by atomic mass is 9.89. The minimum Gasteiger partial charge on any atom is -0.362 e. The second kappa shape index (κ2) is 3.93. The molecule has 3 unspecified atom stereocenters. The van der Waals surface area contributed by atoms with Crippen molar-refractivity contribution in [3.63, 3.8) is 0 Å². The van der Waals surface area contributed by atoms with Gasteiger partial charge < -0.3 is 10.6 Å². The zero-order valence-corrected chi connectivity index (χ0v) is 9.98. The minimum atomic E-state index is 0.685. The van der Waals surface area contributed by atoms with Gasteiger partial charge in [-0.25, -0.2) is 0 Å². The second-order valence-corrected chi connectivity index (χ2v) is 5.97. The van der Waals surface area contributed by atoms with Crippen molar-refractivity contribution in [3.05, 3.63) is 0 Å². The first-order valence-electron chi connectivity index (χ1n) is 6.35. The molecule has 0 aromatic heterocycles. The fraction of sp³-hybridized carbons (Fsp3) is 0.917. The highest BCUT2D eigenvalue weighted by atomic mass is 32.1. The average molecular weight is 224 g/mol. The van der Waals surface area contributed by atoms with Gasteiger partial charge in [0.05, 0.1) is 0 Å². The van der Waals surface area contributed by atoms with Crippen molar-refractivity contribution in [2.75, 3.05) is 6.54 Å². The topological polar surface area (TPSA) is 24.1 Å². The van der Waals surface area contributed by atoms with Gasteiger partial charge in [-0.2, -0.15) is 0 Å². The number of hydrogen-bond acceptors (Lipinski definition) is 1. The molecule has 0 aromatic rings. The van der Waals surface area contributed by atoms with Crippen LogP contribution in [0.3, 0.4) is 0 Å². The predicted molar refractivity (Wildman–Crippen MR) is 65.7 cm³/mol. The molecule has 3 fully saturated rings. The third kappa shape index (κ3) is 2.27. The van der Waals surface area contributed by atoms with Crippen LogP contribution in [-0.2, 0) is 0 Å². The molecule has 0 spiro atoms. The average Bonchev–Trinajstić information content (AvgIpc) is 2.80. The monoisotopic (exact) mass is 224 g/mol. The summed E-state index contributed by atoms with van der Waals surface area (Å²) in [6.45, 7) is 1.11. The van der Waals surface area contributed by atoms with E-state index in [1.165, 1.54) is 38.5 Å². The van der Waals surface area contributed by atoms with Crippen LogP contribution < -0.4 is 10.6 Å². The van der Waals surface area contributed by atoms with E-state index in [1.54, 1.807) is 0 Å². The summed E-state index contributed by atoms with van der Waals surface area (Å²) in [5, 5.41) is 7.63. The Kier molecular flexibility index (Phi) is 2.59. The molecule has 0 radical (unpaired) electrons. The van der Waals surface area contributed by atoms with Gasteiger partial charge in [0.2, 0.25) is 0 Å². The van der Waals surface area contributed by atoms with Crippen LogP contribution in [0.5, 0.6) is 0 Å². The molecular formula is C12H20N2S. The molecule has 0 amide bonds. The molecule has 2 nitrogen and oxygen atoms in total. The SMILES string of the molecule is S=C(NCC1CC2CCC1C2)NC1CC1. The molecule has 0 saturated heterocycles. The van der Waals surface area contributed by atoms with Gasteiger partial charge in [0.15, 0.2) is 5.11 Å². The van der Waals surface area contributed by atoms with Crippen molar-refractivity contribution in [3.8, 4) is 0 Å². The van der Waals surface area contributed by atoms with Gasteiger partial charge in [-0.05, 0) is 62.1 Å². The summed E-state index contributed by atoms with van der Waals surface area (Å²) in [6.07, 6.45) is 8.51. The van der Waals surface area contributed by atoms with E-state index in [-0.39, 0.29) is 0 Å². The van der Waals surface area contributed by atoms with E-state index < -0.39 is 0 Å².